The number of pyridine rings is 1. The number of aryl methyl sites for hydroxylation is 1. The lowest BCUT2D eigenvalue weighted by Gasteiger charge is -2.05. The number of nitrogens with one attached hydrogen (secondary N) is 1. The summed E-state index contributed by atoms with van der Waals surface area (Å²) in [6.45, 7) is 2.53. The summed E-state index contributed by atoms with van der Waals surface area (Å²) >= 11 is 0. The molecule has 0 aliphatic rings. The molecule has 2 unspecified atom stereocenters. The Kier molecular flexibility index (Phi) is 5.99. The molecule has 148 valence electrons. The summed E-state index contributed by atoms with van der Waals surface area (Å²) in [7, 11) is -2.83. The topological polar surface area (TPSA) is 64.0 Å². The van der Waals surface area contributed by atoms with E-state index in [0.717, 1.165) is 28.5 Å². The summed E-state index contributed by atoms with van der Waals surface area (Å²) in [6.07, 6.45) is 6.02. The van der Waals surface area contributed by atoms with Crippen LogP contribution in [0.4, 0.5) is 0 Å². The molecule has 2 heterocycles. The molecule has 0 saturated carbocycles. The molecular formula is C22H21N3O2S2. The summed E-state index contributed by atoms with van der Waals surface area (Å²) in [5, 5.41) is 0.879. The molecule has 5 nitrogen and oxygen atoms in total. The summed E-state index contributed by atoms with van der Waals surface area (Å²) in [5.41, 5.74) is 2.90. The van der Waals surface area contributed by atoms with E-state index < -0.39 is 22.0 Å². The van der Waals surface area contributed by atoms with Crippen LogP contribution in [0.25, 0.3) is 10.9 Å². The van der Waals surface area contributed by atoms with Gasteiger partial charge in [0.1, 0.15) is 11.0 Å². The van der Waals surface area contributed by atoms with Gasteiger partial charge < -0.3 is 0 Å². The average Bonchev–Trinajstić information content (AvgIpc) is 3.16. The molecule has 0 saturated heterocycles. The van der Waals surface area contributed by atoms with Gasteiger partial charge in [-0.3, -0.25) is 8.96 Å². The Bertz CT molecular complexity index is 1170. The molecule has 0 aliphatic heterocycles. The first-order chi connectivity index (χ1) is 14.1. The van der Waals surface area contributed by atoms with Gasteiger partial charge in [0.2, 0.25) is 0 Å². The van der Waals surface area contributed by atoms with E-state index in [9.17, 15) is 8.42 Å². The molecule has 0 amide bonds. The monoisotopic (exact) mass is 423 g/mol. The standard InChI is InChI=1S/C22H21N3O2S2/c1-17-7-5-11-20-22(17)21(16-25(20)29(27)19-9-3-2-4-10-19)28(26)24-14-12-18-8-6-13-23-15-18/h2-11,13,15-16,24H,12,14H2,1H3. The van der Waals surface area contributed by atoms with E-state index in [1.165, 1.54) is 0 Å². The fourth-order valence-electron chi connectivity index (χ4n) is 3.24. The number of aromatic nitrogens is 2. The minimum absolute atomic E-state index is 0.554. The zero-order valence-electron chi connectivity index (χ0n) is 15.9. The lowest BCUT2D eigenvalue weighted by molar-refractivity contribution is 0.671. The zero-order chi connectivity index (χ0) is 20.2. The van der Waals surface area contributed by atoms with Crippen molar-refractivity contribution < 1.29 is 8.42 Å². The van der Waals surface area contributed by atoms with Gasteiger partial charge in [0.25, 0.3) is 0 Å². The van der Waals surface area contributed by atoms with Gasteiger partial charge in [-0.15, -0.1) is 0 Å². The summed E-state index contributed by atoms with van der Waals surface area (Å²) < 4.78 is 31.0. The lowest BCUT2D eigenvalue weighted by atomic mass is 10.1. The van der Waals surface area contributed by atoms with Crippen molar-refractivity contribution in [3.05, 3.63) is 90.4 Å². The largest absolute Gasteiger partial charge is 0.264 e. The molecule has 1 N–H and O–H groups in total. The van der Waals surface area contributed by atoms with Crippen LogP contribution in [0.1, 0.15) is 11.1 Å². The maximum Gasteiger partial charge on any atom is 0.157 e. The van der Waals surface area contributed by atoms with Crippen LogP contribution in [0, 0.1) is 6.92 Å². The molecule has 2 aromatic carbocycles. The number of nitrogens with zero attached hydrogens (tertiary/aromatic N) is 2. The van der Waals surface area contributed by atoms with Crippen molar-refractivity contribution in [1.29, 1.82) is 0 Å². The van der Waals surface area contributed by atoms with Crippen molar-refractivity contribution in [3.63, 3.8) is 0 Å². The van der Waals surface area contributed by atoms with Crippen LogP contribution >= 0.6 is 0 Å². The third-order valence-corrected chi connectivity index (χ3v) is 7.17. The molecule has 4 rings (SSSR count). The highest BCUT2D eigenvalue weighted by atomic mass is 32.2. The van der Waals surface area contributed by atoms with Gasteiger partial charge in [-0.25, -0.2) is 13.1 Å². The Balaban J connectivity index is 1.64. The Morgan fingerprint density at radius 1 is 1.00 bits per heavy atom. The molecule has 0 aliphatic carbocycles. The summed E-state index contributed by atoms with van der Waals surface area (Å²) in [6, 6.07) is 19.0. The smallest absolute Gasteiger partial charge is 0.157 e. The predicted molar refractivity (Wildman–Crippen MR) is 117 cm³/mol. The van der Waals surface area contributed by atoms with Crippen molar-refractivity contribution in [1.82, 2.24) is 13.7 Å². The van der Waals surface area contributed by atoms with Crippen molar-refractivity contribution in [2.75, 3.05) is 6.54 Å². The van der Waals surface area contributed by atoms with E-state index >= 15 is 0 Å². The number of rotatable bonds is 7. The van der Waals surface area contributed by atoms with Crippen LogP contribution in [-0.4, -0.2) is 23.9 Å². The number of hydrogen-bond donors (Lipinski definition) is 1. The van der Waals surface area contributed by atoms with Crippen molar-refractivity contribution in [3.8, 4) is 0 Å². The summed E-state index contributed by atoms with van der Waals surface area (Å²) in [5.74, 6) is 0. The number of hydrogen-bond acceptors (Lipinski definition) is 3. The molecule has 0 spiro atoms. The summed E-state index contributed by atoms with van der Waals surface area (Å²) in [4.78, 5) is 5.45. The van der Waals surface area contributed by atoms with Gasteiger partial charge in [0, 0.05) is 30.5 Å². The quantitative estimate of drug-likeness (QED) is 0.492. The van der Waals surface area contributed by atoms with Gasteiger partial charge in [-0.1, -0.05) is 36.4 Å². The first-order valence-electron chi connectivity index (χ1n) is 9.27. The van der Waals surface area contributed by atoms with Gasteiger partial charge in [-0.2, -0.15) is 0 Å². The van der Waals surface area contributed by atoms with Crippen LogP contribution in [0.15, 0.2) is 89.0 Å². The van der Waals surface area contributed by atoms with Crippen LogP contribution in [0.2, 0.25) is 0 Å². The van der Waals surface area contributed by atoms with E-state index in [0.29, 0.717) is 16.3 Å². The highest BCUT2D eigenvalue weighted by Crippen LogP contribution is 2.29. The number of fused-ring (bicyclic) bond motifs is 1. The normalized spacial score (nSPS) is 13.4. The van der Waals surface area contributed by atoms with Crippen LogP contribution in [0.5, 0.6) is 0 Å². The highest BCUT2D eigenvalue weighted by Gasteiger charge is 2.19. The molecule has 0 fully saturated rings. The predicted octanol–water partition coefficient (Wildman–Crippen LogP) is 3.77. The Morgan fingerprint density at radius 3 is 2.59 bits per heavy atom. The van der Waals surface area contributed by atoms with E-state index in [2.05, 4.69) is 9.71 Å². The molecule has 2 aromatic heterocycles. The number of benzene rings is 2. The molecule has 0 bridgehead atoms. The fourth-order valence-corrected chi connectivity index (χ4v) is 5.55. The second-order valence-corrected chi connectivity index (χ2v) is 9.25. The highest BCUT2D eigenvalue weighted by molar-refractivity contribution is 7.84. The molecule has 4 aromatic rings. The third kappa shape index (κ3) is 4.22. The zero-order valence-corrected chi connectivity index (χ0v) is 17.6. The van der Waals surface area contributed by atoms with Crippen LogP contribution < -0.4 is 4.72 Å². The lowest BCUT2D eigenvalue weighted by Crippen LogP contribution is -2.20. The van der Waals surface area contributed by atoms with Crippen molar-refractivity contribution in [2.24, 2.45) is 0 Å². The fraction of sp³-hybridized carbons (Fsp3) is 0.136. The average molecular weight is 424 g/mol. The van der Waals surface area contributed by atoms with E-state index in [1.54, 1.807) is 16.4 Å². The van der Waals surface area contributed by atoms with Gasteiger partial charge in [0.15, 0.2) is 11.0 Å². The van der Waals surface area contributed by atoms with Gasteiger partial charge in [-0.05, 0) is 48.7 Å². The molecule has 2 atom stereocenters. The first kappa shape index (κ1) is 19.7. The van der Waals surface area contributed by atoms with E-state index in [-0.39, 0.29) is 0 Å². The maximum absolute atomic E-state index is 13.2. The maximum atomic E-state index is 13.2. The second-order valence-electron chi connectivity index (χ2n) is 6.62. The molecule has 7 heteroatoms. The molecule has 0 radical (unpaired) electrons. The Hall–Kier alpha value is -2.61. The van der Waals surface area contributed by atoms with Crippen LogP contribution in [0.3, 0.4) is 0 Å². The van der Waals surface area contributed by atoms with E-state index in [4.69, 9.17) is 0 Å². The minimum atomic E-state index is -1.42. The molecular weight excluding hydrogens is 402 g/mol. The van der Waals surface area contributed by atoms with Crippen molar-refractivity contribution in [2.45, 2.75) is 23.1 Å². The van der Waals surface area contributed by atoms with Gasteiger partial charge in [0.05, 0.1) is 15.3 Å². The third-order valence-electron chi connectivity index (χ3n) is 4.66. The SMILES string of the molecule is Cc1cccc2c1c(S(=O)NCCc1cccnc1)cn2S(=O)c1ccccc1. The van der Waals surface area contributed by atoms with Gasteiger partial charge >= 0.3 is 0 Å². The van der Waals surface area contributed by atoms with Crippen LogP contribution in [-0.2, 0) is 28.4 Å². The minimum Gasteiger partial charge on any atom is -0.264 e. The van der Waals surface area contributed by atoms with Crippen molar-refractivity contribution >= 4 is 32.9 Å². The Labute approximate surface area is 175 Å². The Morgan fingerprint density at radius 2 is 1.83 bits per heavy atom. The molecule has 29 heavy (non-hydrogen) atoms. The van der Waals surface area contributed by atoms with E-state index in [1.807, 2.05) is 73.8 Å². The first-order valence-corrected chi connectivity index (χ1v) is 11.5. The second kappa shape index (κ2) is 8.82.